The summed E-state index contributed by atoms with van der Waals surface area (Å²) in [4.78, 5) is 41.9. The second-order valence-corrected chi connectivity index (χ2v) is 9.75. The number of rotatable bonds is 10. The standard InChI is InChI=1S/C26H28F5N7O3/c1-16(39)38(19-6-2-3-7-19)21-10-12-36(25(41)23(21)28)11-9-17(27)14-37-15-20(34-35-37)24(40)32-13-18-5-4-8-22(33-18)26(29,30)31/h4-5,8,10,12,15,17,19H,2-3,6-7,9,11,13-14H2,1H3,(H,32,40). The van der Waals surface area contributed by atoms with Crippen LogP contribution in [-0.4, -0.2) is 48.6 Å². The van der Waals surface area contributed by atoms with Crippen LogP contribution in [0.5, 0.6) is 0 Å². The molecule has 0 bridgehead atoms. The molecule has 1 N–H and O–H groups in total. The molecular weight excluding hydrogens is 553 g/mol. The van der Waals surface area contributed by atoms with Gasteiger partial charge in [0.2, 0.25) is 11.7 Å². The minimum atomic E-state index is -4.62. The van der Waals surface area contributed by atoms with Crippen LogP contribution in [0.3, 0.4) is 0 Å². The average molecular weight is 582 g/mol. The number of alkyl halides is 4. The van der Waals surface area contributed by atoms with Crippen molar-refractivity contribution in [3.05, 3.63) is 69.9 Å². The molecule has 1 aliphatic rings. The third kappa shape index (κ3) is 7.32. The van der Waals surface area contributed by atoms with Gasteiger partial charge in [0.15, 0.2) is 5.69 Å². The van der Waals surface area contributed by atoms with Crippen molar-refractivity contribution in [2.75, 3.05) is 4.90 Å². The first-order valence-electron chi connectivity index (χ1n) is 13.0. The summed E-state index contributed by atoms with van der Waals surface area (Å²) in [6.45, 7) is 0.567. The molecule has 10 nitrogen and oxygen atoms in total. The van der Waals surface area contributed by atoms with E-state index in [4.69, 9.17) is 0 Å². The zero-order chi connectivity index (χ0) is 29.7. The number of hydrogen-bond acceptors (Lipinski definition) is 6. The molecule has 3 heterocycles. The molecule has 0 aliphatic heterocycles. The molecule has 3 aromatic rings. The van der Waals surface area contributed by atoms with Crippen LogP contribution in [0.2, 0.25) is 0 Å². The van der Waals surface area contributed by atoms with Crippen molar-refractivity contribution in [2.45, 2.75) is 77.1 Å². The summed E-state index contributed by atoms with van der Waals surface area (Å²) in [5, 5.41) is 9.72. The highest BCUT2D eigenvalue weighted by atomic mass is 19.4. The fourth-order valence-corrected chi connectivity index (χ4v) is 4.75. The van der Waals surface area contributed by atoms with Gasteiger partial charge in [-0.3, -0.25) is 14.4 Å². The number of amides is 2. The zero-order valence-corrected chi connectivity index (χ0v) is 22.1. The van der Waals surface area contributed by atoms with Gasteiger partial charge in [-0.2, -0.15) is 17.6 Å². The number of anilines is 1. The fraction of sp³-hybridized carbons (Fsp3) is 0.462. The monoisotopic (exact) mass is 581 g/mol. The Morgan fingerprint density at radius 1 is 1.20 bits per heavy atom. The lowest BCUT2D eigenvalue weighted by molar-refractivity contribution is -0.141. The second-order valence-electron chi connectivity index (χ2n) is 9.75. The van der Waals surface area contributed by atoms with Gasteiger partial charge in [-0.15, -0.1) is 5.10 Å². The van der Waals surface area contributed by atoms with Gasteiger partial charge in [0.1, 0.15) is 11.9 Å². The lowest BCUT2D eigenvalue weighted by atomic mass is 10.1. The fourth-order valence-electron chi connectivity index (χ4n) is 4.75. The van der Waals surface area contributed by atoms with Crippen molar-refractivity contribution in [1.29, 1.82) is 0 Å². The highest BCUT2D eigenvalue weighted by Crippen LogP contribution is 2.29. The van der Waals surface area contributed by atoms with Gasteiger partial charge in [0.05, 0.1) is 30.7 Å². The number of aryl methyl sites for hydroxylation is 1. The molecule has 1 aliphatic carbocycles. The number of nitrogens with one attached hydrogen (secondary N) is 1. The largest absolute Gasteiger partial charge is 0.433 e. The molecule has 1 atom stereocenters. The third-order valence-electron chi connectivity index (χ3n) is 6.74. The quantitative estimate of drug-likeness (QED) is 0.366. The Labute approximate surface area is 231 Å². The zero-order valence-electron chi connectivity index (χ0n) is 22.1. The topological polar surface area (TPSA) is 115 Å². The molecule has 0 saturated heterocycles. The van der Waals surface area contributed by atoms with Crippen LogP contribution >= 0.6 is 0 Å². The van der Waals surface area contributed by atoms with Gasteiger partial charge >= 0.3 is 6.18 Å². The normalized spacial score (nSPS) is 14.7. The van der Waals surface area contributed by atoms with Gasteiger partial charge in [-0.05, 0) is 37.5 Å². The molecule has 41 heavy (non-hydrogen) atoms. The first-order chi connectivity index (χ1) is 19.4. The lowest BCUT2D eigenvalue weighted by Crippen LogP contribution is -2.39. The Morgan fingerprint density at radius 3 is 2.61 bits per heavy atom. The SMILES string of the molecule is CC(=O)N(c1ccn(CCC(F)Cn2cc(C(=O)NCc3cccc(C(F)(F)F)n3)nn2)c(=O)c1F)C1CCCC1. The Kier molecular flexibility index (Phi) is 9.13. The molecular formula is C26H28F5N7O3. The van der Waals surface area contributed by atoms with E-state index >= 15 is 0 Å². The van der Waals surface area contributed by atoms with Crippen molar-refractivity contribution in [2.24, 2.45) is 0 Å². The number of halogens is 5. The van der Waals surface area contributed by atoms with E-state index in [1.807, 2.05) is 0 Å². The van der Waals surface area contributed by atoms with E-state index in [0.717, 1.165) is 41.0 Å². The smallest absolute Gasteiger partial charge is 0.345 e. The van der Waals surface area contributed by atoms with Crippen molar-refractivity contribution < 1.29 is 31.5 Å². The lowest BCUT2D eigenvalue weighted by Gasteiger charge is -2.28. The van der Waals surface area contributed by atoms with E-state index in [0.29, 0.717) is 0 Å². The first kappa shape index (κ1) is 29.8. The van der Waals surface area contributed by atoms with E-state index in [1.165, 1.54) is 42.4 Å². The van der Waals surface area contributed by atoms with Crippen LogP contribution in [0.25, 0.3) is 0 Å². The third-order valence-corrected chi connectivity index (χ3v) is 6.74. The van der Waals surface area contributed by atoms with E-state index in [-0.39, 0.29) is 55.1 Å². The highest BCUT2D eigenvalue weighted by Gasteiger charge is 2.32. The van der Waals surface area contributed by atoms with Gasteiger partial charge in [0.25, 0.3) is 11.5 Å². The van der Waals surface area contributed by atoms with Gasteiger partial charge in [-0.1, -0.05) is 24.1 Å². The summed E-state index contributed by atoms with van der Waals surface area (Å²) in [7, 11) is 0. The molecule has 220 valence electrons. The molecule has 2 amide bonds. The molecule has 0 aromatic carbocycles. The minimum absolute atomic E-state index is 0.0170. The molecule has 4 rings (SSSR count). The van der Waals surface area contributed by atoms with Crippen LogP contribution in [-0.2, 0) is 30.6 Å². The van der Waals surface area contributed by atoms with Crippen LogP contribution in [0.4, 0.5) is 27.6 Å². The van der Waals surface area contributed by atoms with Gasteiger partial charge < -0.3 is 14.8 Å². The van der Waals surface area contributed by atoms with Crippen LogP contribution < -0.4 is 15.8 Å². The Morgan fingerprint density at radius 2 is 1.93 bits per heavy atom. The average Bonchev–Trinajstić information content (AvgIpc) is 3.62. The van der Waals surface area contributed by atoms with Crippen LogP contribution in [0.15, 0.2) is 41.5 Å². The van der Waals surface area contributed by atoms with E-state index in [1.54, 1.807) is 0 Å². The maximum atomic E-state index is 15.0. The predicted molar refractivity (Wildman–Crippen MR) is 136 cm³/mol. The second kappa shape index (κ2) is 12.6. The molecule has 15 heteroatoms. The molecule has 1 fully saturated rings. The van der Waals surface area contributed by atoms with Gasteiger partial charge in [0, 0.05) is 25.7 Å². The van der Waals surface area contributed by atoms with Crippen LogP contribution in [0, 0.1) is 5.82 Å². The maximum Gasteiger partial charge on any atom is 0.433 e. The number of carbonyl (C=O) groups is 2. The summed E-state index contributed by atoms with van der Waals surface area (Å²) in [6, 6.07) is 4.48. The molecule has 1 unspecified atom stereocenters. The Hall–Kier alpha value is -4.17. The van der Waals surface area contributed by atoms with Crippen molar-refractivity contribution in [3.63, 3.8) is 0 Å². The molecule has 3 aromatic heterocycles. The summed E-state index contributed by atoms with van der Waals surface area (Å²) in [6.07, 6.45) is -0.557. The Bertz CT molecular complexity index is 1450. The predicted octanol–water partition coefficient (Wildman–Crippen LogP) is 3.65. The van der Waals surface area contributed by atoms with E-state index in [2.05, 4.69) is 20.6 Å². The first-order valence-corrected chi connectivity index (χ1v) is 13.0. The van der Waals surface area contributed by atoms with Crippen molar-refractivity contribution >= 4 is 17.5 Å². The highest BCUT2D eigenvalue weighted by molar-refractivity contribution is 5.92. The number of hydrogen-bond donors (Lipinski definition) is 1. The number of nitrogens with zero attached hydrogens (tertiary/aromatic N) is 6. The van der Waals surface area contributed by atoms with Gasteiger partial charge in [-0.25, -0.2) is 14.1 Å². The van der Waals surface area contributed by atoms with E-state index < -0.39 is 35.3 Å². The number of aromatic nitrogens is 5. The summed E-state index contributed by atoms with van der Waals surface area (Å²) >= 11 is 0. The Balaban J connectivity index is 1.31. The van der Waals surface area contributed by atoms with Crippen molar-refractivity contribution in [1.82, 2.24) is 29.9 Å². The summed E-state index contributed by atoms with van der Waals surface area (Å²) in [5.41, 5.74) is -2.34. The van der Waals surface area contributed by atoms with Crippen LogP contribution in [0.1, 0.15) is 60.9 Å². The van der Waals surface area contributed by atoms with Crippen molar-refractivity contribution in [3.8, 4) is 0 Å². The molecule has 0 radical (unpaired) electrons. The summed E-state index contributed by atoms with van der Waals surface area (Å²) in [5.74, 6) is -2.17. The number of pyridine rings is 2. The minimum Gasteiger partial charge on any atom is -0.345 e. The molecule has 1 saturated carbocycles. The maximum absolute atomic E-state index is 15.0. The molecule has 0 spiro atoms. The van der Waals surface area contributed by atoms with E-state index in [9.17, 15) is 36.3 Å². The summed E-state index contributed by atoms with van der Waals surface area (Å²) < 4.78 is 70.2. The number of carbonyl (C=O) groups excluding carboxylic acids is 2.